The van der Waals surface area contributed by atoms with E-state index in [2.05, 4.69) is 22.9 Å². The van der Waals surface area contributed by atoms with Crippen molar-refractivity contribution in [1.82, 2.24) is 4.90 Å². The van der Waals surface area contributed by atoms with Gasteiger partial charge in [-0.25, -0.2) is 0 Å². The molecule has 5 heteroatoms. The molecule has 1 heterocycles. The summed E-state index contributed by atoms with van der Waals surface area (Å²) in [6.45, 7) is 2.74. The first-order chi connectivity index (χ1) is 11.6. The van der Waals surface area contributed by atoms with Crippen molar-refractivity contribution in [3.05, 3.63) is 57.6 Å². The fraction of sp³-hybridized carbons (Fsp3) is 0.316. The zero-order valence-corrected chi connectivity index (χ0v) is 15.6. The van der Waals surface area contributed by atoms with Crippen molar-refractivity contribution in [2.75, 3.05) is 20.8 Å². The van der Waals surface area contributed by atoms with Crippen LogP contribution in [0.5, 0.6) is 11.5 Å². The molecule has 126 valence electrons. The fourth-order valence-corrected chi connectivity index (χ4v) is 3.67. The van der Waals surface area contributed by atoms with Crippen LogP contribution in [0.3, 0.4) is 0 Å². The molecule has 0 aromatic heterocycles. The van der Waals surface area contributed by atoms with Crippen LogP contribution in [0.2, 0.25) is 0 Å². The second-order valence-corrected chi connectivity index (χ2v) is 6.66. The van der Waals surface area contributed by atoms with E-state index >= 15 is 0 Å². The van der Waals surface area contributed by atoms with Gasteiger partial charge in [-0.05, 0) is 64.7 Å². The van der Waals surface area contributed by atoms with Crippen LogP contribution in [0, 0.1) is 0 Å². The number of ether oxygens (including phenoxy) is 2. The number of benzene rings is 2. The van der Waals surface area contributed by atoms with Gasteiger partial charge in [-0.2, -0.15) is 0 Å². The number of rotatable bonds is 3. The molecule has 3 rings (SSSR count). The molecule has 0 aliphatic carbocycles. The summed E-state index contributed by atoms with van der Waals surface area (Å²) in [5.41, 5.74) is 3.00. The van der Waals surface area contributed by atoms with Gasteiger partial charge in [0.1, 0.15) is 0 Å². The summed E-state index contributed by atoms with van der Waals surface area (Å²) in [6, 6.07) is 11.5. The Hall–Kier alpha value is -2.01. The minimum absolute atomic E-state index is 0.0202. The molecule has 1 amide bonds. The number of fused-ring (bicyclic) bond motifs is 1. The number of hydrogen-bond donors (Lipinski definition) is 0. The Morgan fingerprint density at radius 3 is 2.50 bits per heavy atom. The van der Waals surface area contributed by atoms with E-state index in [1.807, 2.05) is 41.3 Å². The standard InChI is InChI=1S/C19H20BrNO3/c1-12-15-11-18(24-3)17(23-2)10-13(15)8-9-21(12)19(22)14-6-4-5-7-16(14)20/h4-7,10-12H,8-9H2,1-3H3. The summed E-state index contributed by atoms with van der Waals surface area (Å²) in [5, 5.41) is 0. The van der Waals surface area contributed by atoms with Crippen LogP contribution in [-0.4, -0.2) is 31.6 Å². The third-order valence-electron chi connectivity index (χ3n) is 4.55. The average Bonchev–Trinajstić information content (AvgIpc) is 2.61. The number of amides is 1. The maximum absolute atomic E-state index is 13.0. The van der Waals surface area contributed by atoms with E-state index < -0.39 is 0 Å². The summed E-state index contributed by atoms with van der Waals surface area (Å²) < 4.78 is 11.6. The summed E-state index contributed by atoms with van der Waals surface area (Å²) in [4.78, 5) is 14.9. The second-order valence-electron chi connectivity index (χ2n) is 5.81. The largest absolute Gasteiger partial charge is 0.493 e. The van der Waals surface area contributed by atoms with Gasteiger partial charge < -0.3 is 14.4 Å². The molecule has 0 fully saturated rings. The summed E-state index contributed by atoms with van der Waals surface area (Å²) in [6.07, 6.45) is 0.802. The Morgan fingerprint density at radius 1 is 1.17 bits per heavy atom. The lowest BCUT2D eigenvalue weighted by Crippen LogP contribution is -2.39. The molecule has 2 aromatic rings. The molecule has 0 bridgehead atoms. The van der Waals surface area contributed by atoms with E-state index in [0.29, 0.717) is 17.9 Å². The molecule has 0 radical (unpaired) electrons. The maximum atomic E-state index is 13.0. The molecule has 1 atom stereocenters. The third kappa shape index (κ3) is 2.88. The molecule has 4 nitrogen and oxygen atoms in total. The van der Waals surface area contributed by atoms with Crippen molar-refractivity contribution in [3.63, 3.8) is 0 Å². The van der Waals surface area contributed by atoms with Gasteiger partial charge in [0.05, 0.1) is 25.8 Å². The number of hydrogen-bond acceptors (Lipinski definition) is 3. The van der Waals surface area contributed by atoms with Gasteiger partial charge in [0.25, 0.3) is 5.91 Å². The van der Waals surface area contributed by atoms with Crippen molar-refractivity contribution < 1.29 is 14.3 Å². The van der Waals surface area contributed by atoms with Gasteiger partial charge in [-0.1, -0.05) is 12.1 Å². The number of carbonyl (C=O) groups excluding carboxylic acids is 1. The van der Waals surface area contributed by atoms with Gasteiger partial charge in [0, 0.05) is 11.0 Å². The van der Waals surface area contributed by atoms with Gasteiger partial charge >= 0.3 is 0 Å². The third-order valence-corrected chi connectivity index (χ3v) is 5.24. The molecule has 2 aromatic carbocycles. The minimum atomic E-state index is -0.0202. The van der Waals surface area contributed by atoms with Crippen LogP contribution in [-0.2, 0) is 6.42 Å². The number of halogens is 1. The van der Waals surface area contributed by atoms with Crippen LogP contribution < -0.4 is 9.47 Å². The fourth-order valence-electron chi connectivity index (χ4n) is 3.21. The molecule has 0 saturated heterocycles. The first kappa shape index (κ1) is 16.8. The lowest BCUT2D eigenvalue weighted by molar-refractivity contribution is 0.0676. The Labute approximate surface area is 150 Å². The van der Waals surface area contributed by atoms with Crippen LogP contribution in [0.25, 0.3) is 0 Å². The Morgan fingerprint density at radius 2 is 1.83 bits per heavy atom. The highest BCUT2D eigenvalue weighted by Gasteiger charge is 2.30. The molecular weight excluding hydrogens is 370 g/mol. The SMILES string of the molecule is COc1cc2c(cc1OC)C(C)N(C(=O)c1ccccc1Br)CC2. The van der Waals surface area contributed by atoms with E-state index in [4.69, 9.17) is 9.47 Å². The number of methoxy groups -OCH3 is 2. The summed E-state index contributed by atoms with van der Waals surface area (Å²) in [7, 11) is 3.26. The highest BCUT2D eigenvalue weighted by molar-refractivity contribution is 9.10. The van der Waals surface area contributed by atoms with Gasteiger partial charge in [-0.15, -0.1) is 0 Å². The lowest BCUT2D eigenvalue weighted by atomic mass is 9.92. The predicted octanol–water partition coefficient (Wildman–Crippen LogP) is 4.23. The number of carbonyl (C=O) groups is 1. The molecule has 0 N–H and O–H groups in total. The topological polar surface area (TPSA) is 38.8 Å². The van der Waals surface area contributed by atoms with Crippen LogP contribution >= 0.6 is 15.9 Å². The van der Waals surface area contributed by atoms with Crippen LogP contribution in [0.15, 0.2) is 40.9 Å². The molecule has 0 saturated carbocycles. The van der Waals surface area contributed by atoms with E-state index in [0.717, 1.165) is 22.2 Å². The van der Waals surface area contributed by atoms with Crippen LogP contribution in [0.1, 0.15) is 34.5 Å². The van der Waals surface area contributed by atoms with E-state index in [1.165, 1.54) is 5.56 Å². The van der Waals surface area contributed by atoms with Gasteiger partial charge in [0.2, 0.25) is 0 Å². The molecule has 1 aliphatic heterocycles. The summed E-state index contributed by atoms with van der Waals surface area (Å²) >= 11 is 3.47. The van der Waals surface area contributed by atoms with Crippen molar-refractivity contribution in [1.29, 1.82) is 0 Å². The zero-order chi connectivity index (χ0) is 17.3. The van der Waals surface area contributed by atoms with Gasteiger partial charge in [0.15, 0.2) is 11.5 Å². The van der Waals surface area contributed by atoms with Crippen LogP contribution in [0.4, 0.5) is 0 Å². The maximum Gasteiger partial charge on any atom is 0.255 e. The quantitative estimate of drug-likeness (QED) is 0.788. The molecular formula is C19H20BrNO3. The average molecular weight is 390 g/mol. The zero-order valence-electron chi connectivity index (χ0n) is 14.0. The summed E-state index contributed by atoms with van der Waals surface area (Å²) in [5.74, 6) is 1.46. The Balaban J connectivity index is 1.96. The minimum Gasteiger partial charge on any atom is -0.493 e. The highest BCUT2D eigenvalue weighted by Crippen LogP contribution is 2.38. The first-order valence-corrected chi connectivity index (χ1v) is 8.66. The highest BCUT2D eigenvalue weighted by atomic mass is 79.9. The molecule has 0 spiro atoms. The van der Waals surface area contributed by atoms with E-state index in [-0.39, 0.29) is 11.9 Å². The van der Waals surface area contributed by atoms with Gasteiger partial charge in [-0.3, -0.25) is 4.79 Å². The van der Waals surface area contributed by atoms with Crippen molar-refractivity contribution >= 4 is 21.8 Å². The van der Waals surface area contributed by atoms with Crippen molar-refractivity contribution in [3.8, 4) is 11.5 Å². The normalized spacial score (nSPS) is 16.5. The smallest absolute Gasteiger partial charge is 0.255 e. The monoisotopic (exact) mass is 389 g/mol. The first-order valence-electron chi connectivity index (χ1n) is 7.87. The molecule has 1 aliphatic rings. The van der Waals surface area contributed by atoms with E-state index in [1.54, 1.807) is 14.2 Å². The molecule has 24 heavy (non-hydrogen) atoms. The Bertz CT molecular complexity index is 775. The van der Waals surface area contributed by atoms with Crippen molar-refractivity contribution in [2.45, 2.75) is 19.4 Å². The lowest BCUT2D eigenvalue weighted by Gasteiger charge is -2.36. The van der Waals surface area contributed by atoms with Crippen molar-refractivity contribution in [2.24, 2.45) is 0 Å². The molecule has 1 unspecified atom stereocenters. The number of nitrogens with zero attached hydrogens (tertiary/aromatic N) is 1. The Kier molecular flexibility index (Phi) is 4.81. The second kappa shape index (κ2) is 6.85. The van der Waals surface area contributed by atoms with E-state index in [9.17, 15) is 4.79 Å². The predicted molar refractivity (Wildman–Crippen MR) is 96.8 cm³/mol.